The van der Waals surface area contributed by atoms with E-state index >= 15 is 0 Å². The molecule has 0 radical (unpaired) electrons. The number of halogens is 3. The number of hydrogen-bond donors (Lipinski definition) is 0. The molecule has 0 heterocycles. The molecule has 1 aromatic rings. The Morgan fingerprint density at radius 3 is 2.50 bits per heavy atom. The van der Waals surface area contributed by atoms with Gasteiger partial charge < -0.3 is 9.47 Å². The van der Waals surface area contributed by atoms with Gasteiger partial charge in [-0.15, -0.1) is 6.58 Å². The molecule has 0 N–H and O–H groups in total. The van der Waals surface area contributed by atoms with Crippen molar-refractivity contribution < 1.29 is 27.8 Å². The van der Waals surface area contributed by atoms with Gasteiger partial charge in [-0.2, -0.15) is 8.78 Å². The van der Waals surface area contributed by atoms with Crippen LogP contribution in [0.3, 0.4) is 0 Å². The molecule has 0 unspecified atom stereocenters. The number of alkyl halides is 2. The number of carbonyl (C=O) groups is 2. The maximum Gasteiger partial charge on any atom is 0.417 e. The van der Waals surface area contributed by atoms with Gasteiger partial charge in [-0.1, -0.05) is 12.1 Å². The van der Waals surface area contributed by atoms with Gasteiger partial charge in [0, 0.05) is 4.47 Å². The highest BCUT2D eigenvalue weighted by Crippen LogP contribution is 2.30. The molecule has 2 amide bonds. The van der Waals surface area contributed by atoms with E-state index < -0.39 is 24.2 Å². The third-order valence-electron chi connectivity index (χ3n) is 2.58. The summed E-state index contributed by atoms with van der Waals surface area (Å²) in [5, 5.41) is 0. The van der Waals surface area contributed by atoms with Gasteiger partial charge in [-0.25, -0.2) is 9.69 Å². The molecule has 0 aliphatic heterocycles. The summed E-state index contributed by atoms with van der Waals surface area (Å²) in [7, 11) is 0. The van der Waals surface area contributed by atoms with Crippen LogP contribution in [0.2, 0.25) is 0 Å². The number of imide groups is 1. The molecule has 0 fully saturated rings. The Morgan fingerprint density at radius 2 is 2.00 bits per heavy atom. The lowest BCUT2D eigenvalue weighted by Crippen LogP contribution is -2.41. The Hall–Kier alpha value is -1.96. The third-order valence-corrected chi connectivity index (χ3v) is 3.24. The fraction of sp³-hybridized carbons (Fsp3) is 0.375. The van der Waals surface area contributed by atoms with Crippen LogP contribution in [0.4, 0.5) is 13.6 Å². The molecule has 0 saturated heterocycles. The third kappa shape index (κ3) is 5.59. The summed E-state index contributed by atoms with van der Waals surface area (Å²) in [5.41, 5.74) is -1.03. The molecular formula is C16H18BrF2NO4. The molecule has 0 bridgehead atoms. The summed E-state index contributed by atoms with van der Waals surface area (Å²) >= 11 is 3.12. The van der Waals surface area contributed by atoms with Crippen LogP contribution in [0, 0.1) is 0 Å². The maximum atomic E-state index is 12.7. The minimum absolute atomic E-state index is 0.150. The lowest BCUT2D eigenvalue weighted by molar-refractivity contribution is -0.0503. The number of carbonyl (C=O) groups excluding carboxylic acids is 2. The molecule has 24 heavy (non-hydrogen) atoms. The number of benzene rings is 1. The van der Waals surface area contributed by atoms with E-state index in [0.717, 1.165) is 4.90 Å². The Balaban J connectivity index is 3.24. The predicted molar refractivity (Wildman–Crippen MR) is 88.2 cm³/mol. The minimum atomic E-state index is -3.11. The fourth-order valence-electron chi connectivity index (χ4n) is 1.73. The first-order chi connectivity index (χ1) is 11.1. The van der Waals surface area contributed by atoms with Crippen molar-refractivity contribution in [3.8, 4) is 5.75 Å². The lowest BCUT2D eigenvalue weighted by atomic mass is 10.1. The van der Waals surface area contributed by atoms with Gasteiger partial charge in [-0.3, -0.25) is 4.79 Å². The number of rotatable bonds is 5. The minimum Gasteiger partial charge on any atom is -0.443 e. The van der Waals surface area contributed by atoms with Gasteiger partial charge in [0.05, 0.1) is 12.1 Å². The second kappa shape index (κ2) is 8.23. The zero-order valence-electron chi connectivity index (χ0n) is 13.5. The molecule has 1 rings (SSSR count). The SMILES string of the molecule is C=CCN(C(=O)OC(C)(C)C)C(=O)c1c(Br)cccc1OC(F)F. The van der Waals surface area contributed by atoms with Gasteiger partial charge in [-0.05, 0) is 48.8 Å². The summed E-state index contributed by atoms with van der Waals surface area (Å²) in [6.07, 6.45) is 0.415. The summed E-state index contributed by atoms with van der Waals surface area (Å²) in [5.74, 6) is -1.19. The highest BCUT2D eigenvalue weighted by Gasteiger charge is 2.30. The van der Waals surface area contributed by atoms with Crippen LogP contribution in [-0.2, 0) is 4.74 Å². The molecule has 0 aliphatic rings. The summed E-state index contributed by atoms with van der Waals surface area (Å²) in [6.45, 7) is 5.16. The molecule has 0 aliphatic carbocycles. The zero-order valence-corrected chi connectivity index (χ0v) is 15.1. The number of amides is 2. The Labute approximate surface area is 147 Å². The van der Waals surface area contributed by atoms with E-state index in [1.54, 1.807) is 20.8 Å². The van der Waals surface area contributed by atoms with Crippen molar-refractivity contribution in [3.05, 3.63) is 40.9 Å². The normalized spacial score (nSPS) is 11.1. The first-order valence-corrected chi connectivity index (χ1v) is 7.75. The maximum absolute atomic E-state index is 12.7. The van der Waals surface area contributed by atoms with Crippen molar-refractivity contribution in [3.63, 3.8) is 0 Å². The highest BCUT2D eigenvalue weighted by molar-refractivity contribution is 9.10. The van der Waals surface area contributed by atoms with E-state index in [1.165, 1.54) is 24.3 Å². The predicted octanol–water partition coefficient (Wildman–Crippen LogP) is 4.61. The van der Waals surface area contributed by atoms with Gasteiger partial charge >= 0.3 is 12.7 Å². The van der Waals surface area contributed by atoms with Crippen molar-refractivity contribution in [2.24, 2.45) is 0 Å². The average molecular weight is 406 g/mol. The van der Waals surface area contributed by atoms with Crippen molar-refractivity contribution in [2.45, 2.75) is 33.0 Å². The van der Waals surface area contributed by atoms with Crippen molar-refractivity contribution in [1.82, 2.24) is 4.90 Å². The standard InChI is InChI=1S/C16H18BrF2NO4/c1-5-9-20(15(22)24-16(2,3)4)13(21)12-10(17)7-6-8-11(12)23-14(18)19/h5-8,14H,1,9H2,2-4H3. The molecule has 0 aromatic heterocycles. The monoisotopic (exact) mass is 405 g/mol. The van der Waals surface area contributed by atoms with E-state index in [0.29, 0.717) is 0 Å². The number of nitrogens with zero attached hydrogens (tertiary/aromatic N) is 1. The molecule has 0 spiro atoms. The van der Waals surface area contributed by atoms with Crippen LogP contribution in [0.5, 0.6) is 5.75 Å². The molecule has 0 saturated carbocycles. The Morgan fingerprint density at radius 1 is 1.38 bits per heavy atom. The van der Waals surface area contributed by atoms with E-state index in [1.807, 2.05) is 0 Å². The van der Waals surface area contributed by atoms with Crippen molar-refractivity contribution >= 4 is 27.9 Å². The van der Waals surface area contributed by atoms with E-state index in [-0.39, 0.29) is 22.3 Å². The van der Waals surface area contributed by atoms with Crippen LogP contribution in [0.1, 0.15) is 31.1 Å². The Bertz CT molecular complexity index is 629. The van der Waals surface area contributed by atoms with Crippen molar-refractivity contribution in [2.75, 3.05) is 6.54 Å². The molecule has 132 valence electrons. The first-order valence-electron chi connectivity index (χ1n) is 6.96. The highest BCUT2D eigenvalue weighted by atomic mass is 79.9. The van der Waals surface area contributed by atoms with E-state index in [9.17, 15) is 18.4 Å². The molecular weight excluding hydrogens is 388 g/mol. The summed E-state index contributed by atoms with van der Waals surface area (Å²) < 4.78 is 34.9. The van der Waals surface area contributed by atoms with Gasteiger partial charge in [0.2, 0.25) is 0 Å². The second-order valence-electron chi connectivity index (χ2n) is 5.68. The van der Waals surface area contributed by atoms with Gasteiger partial charge in [0.1, 0.15) is 11.4 Å². The topological polar surface area (TPSA) is 55.8 Å². The second-order valence-corrected chi connectivity index (χ2v) is 6.53. The molecule has 8 heteroatoms. The lowest BCUT2D eigenvalue weighted by Gasteiger charge is -2.26. The van der Waals surface area contributed by atoms with Crippen LogP contribution in [0.15, 0.2) is 35.3 Å². The zero-order chi connectivity index (χ0) is 18.5. The molecule has 0 atom stereocenters. The summed E-state index contributed by atoms with van der Waals surface area (Å²) in [4.78, 5) is 25.7. The number of hydrogen-bond acceptors (Lipinski definition) is 4. The molecule has 1 aromatic carbocycles. The van der Waals surface area contributed by atoms with E-state index in [2.05, 4.69) is 27.2 Å². The first kappa shape index (κ1) is 20.1. The summed E-state index contributed by atoms with van der Waals surface area (Å²) in [6, 6.07) is 4.13. The Kier molecular flexibility index (Phi) is 6.89. The van der Waals surface area contributed by atoms with Crippen LogP contribution in [0.25, 0.3) is 0 Å². The largest absolute Gasteiger partial charge is 0.443 e. The quantitative estimate of drug-likeness (QED) is 0.670. The van der Waals surface area contributed by atoms with Gasteiger partial charge in [0.25, 0.3) is 5.91 Å². The van der Waals surface area contributed by atoms with Crippen LogP contribution >= 0.6 is 15.9 Å². The average Bonchev–Trinajstić information content (AvgIpc) is 2.41. The van der Waals surface area contributed by atoms with Crippen LogP contribution in [-0.4, -0.2) is 35.7 Å². The molecule has 5 nitrogen and oxygen atoms in total. The number of ether oxygens (including phenoxy) is 2. The van der Waals surface area contributed by atoms with Crippen LogP contribution < -0.4 is 4.74 Å². The van der Waals surface area contributed by atoms with E-state index in [4.69, 9.17) is 4.74 Å². The van der Waals surface area contributed by atoms with Gasteiger partial charge in [0.15, 0.2) is 0 Å². The smallest absolute Gasteiger partial charge is 0.417 e. The fourth-order valence-corrected chi connectivity index (χ4v) is 2.25. The van der Waals surface area contributed by atoms with Crippen molar-refractivity contribution in [1.29, 1.82) is 0 Å².